The van der Waals surface area contributed by atoms with E-state index in [1.807, 2.05) is 0 Å². The monoisotopic (exact) mass is 392 g/mol. The number of carbonyl (C=O) groups is 2. The van der Waals surface area contributed by atoms with Crippen LogP contribution in [0, 0.1) is 23.4 Å². The Morgan fingerprint density at radius 2 is 1.79 bits per heavy atom. The number of aromatic nitrogens is 2. The summed E-state index contributed by atoms with van der Waals surface area (Å²) in [6.45, 7) is 1.97. The number of H-pyrrole nitrogens is 1. The van der Waals surface area contributed by atoms with E-state index in [1.165, 1.54) is 0 Å². The zero-order valence-corrected chi connectivity index (χ0v) is 15.0. The molecule has 1 amide bonds. The van der Waals surface area contributed by atoms with Gasteiger partial charge in [-0.25, -0.2) is 13.2 Å². The van der Waals surface area contributed by atoms with Crippen molar-refractivity contribution in [3.8, 4) is 0 Å². The molecule has 1 aromatic heterocycles. The predicted octanol–water partition coefficient (Wildman–Crippen LogP) is 2.21. The van der Waals surface area contributed by atoms with Crippen LogP contribution in [-0.4, -0.2) is 46.4 Å². The number of amides is 1. The maximum absolute atomic E-state index is 13.9. The average molecular weight is 392 g/mol. The van der Waals surface area contributed by atoms with Crippen LogP contribution in [0.3, 0.4) is 0 Å². The second-order valence-electron chi connectivity index (χ2n) is 7.13. The second-order valence-corrected chi connectivity index (χ2v) is 7.13. The summed E-state index contributed by atoms with van der Waals surface area (Å²) in [5.41, 5.74) is 1.49. The fourth-order valence-corrected chi connectivity index (χ4v) is 3.88. The van der Waals surface area contributed by atoms with Crippen molar-refractivity contribution in [2.24, 2.45) is 5.92 Å². The van der Waals surface area contributed by atoms with Crippen LogP contribution in [-0.2, 0) is 13.0 Å². The summed E-state index contributed by atoms with van der Waals surface area (Å²) in [5.74, 6) is -4.99. The van der Waals surface area contributed by atoms with Crippen LogP contribution in [0.5, 0.6) is 0 Å². The molecule has 0 unspecified atom stereocenters. The van der Waals surface area contributed by atoms with Crippen LogP contribution < -0.4 is 5.32 Å². The lowest BCUT2D eigenvalue weighted by Gasteiger charge is -2.31. The number of aromatic amines is 1. The van der Waals surface area contributed by atoms with Crippen molar-refractivity contribution < 1.29 is 22.8 Å². The number of nitrogens with zero attached hydrogens (tertiary/aromatic N) is 2. The molecule has 148 valence electrons. The molecule has 2 aromatic rings. The summed E-state index contributed by atoms with van der Waals surface area (Å²) in [4.78, 5) is 26.9. The van der Waals surface area contributed by atoms with E-state index in [2.05, 4.69) is 15.5 Å². The Balaban J connectivity index is 1.44. The van der Waals surface area contributed by atoms with Crippen LogP contribution >= 0.6 is 0 Å². The van der Waals surface area contributed by atoms with Gasteiger partial charge in [0, 0.05) is 61.9 Å². The fraction of sp³-hybridized carbons (Fsp3) is 0.421. The molecule has 9 heteroatoms. The number of carbonyl (C=O) groups excluding carboxylic acids is 2. The van der Waals surface area contributed by atoms with Gasteiger partial charge in [0.15, 0.2) is 11.5 Å². The number of likely N-dealkylation sites (tertiary alicyclic amines) is 1. The van der Waals surface area contributed by atoms with Crippen molar-refractivity contribution in [2.45, 2.75) is 25.8 Å². The number of halogens is 3. The first-order valence-corrected chi connectivity index (χ1v) is 9.20. The van der Waals surface area contributed by atoms with Crippen molar-refractivity contribution in [3.63, 3.8) is 0 Å². The number of Topliss-reactive ketones (excluding diaryl/α,β-unsaturated/α-hetero) is 1. The van der Waals surface area contributed by atoms with Crippen molar-refractivity contribution in [2.75, 3.05) is 19.6 Å². The van der Waals surface area contributed by atoms with Gasteiger partial charge in [0.25, 0.3) is 5.91 Å². The van der Waals surface area contributed by atoms with Gasteiger partial charge in [-0.2, -0.15) is 5.10 Å². The van der Waals surface area contributed by atoms with Gasteiger partial charge in [-0.05, 0) is 12.8 Å². The first-order valence-electron chi connectivity index (χ1n) is 9.20. The third-order valence-electron chi connectivity index (χ3n) is 5.42. The number of hydrogen-bond donors (Lipinski definition) is 2. The molecule has 0 spiro atoms. The molecule has 0 atom stereocenters. The van der Waals surface area contributed by atoms with Crippen molar-refractivity contribution in [1.82, 2.24) is 20.4 Å². The Morgan fingerprint density at radius 3 is 2.46 bits per heavy atom. The topological polar surface area (TPSA) is 78.1 Å². The molecule has 0 bridgehead atoms. The predicted molar refractivity (Wildman–Crippen MR) is 93.3 cm³/mol. The average Bonchev–Trinajstić information content (AvgIpc) is 3.11. The standard InChI is InChI=1S/C19H19F3N4O2/c20-11-7-13(21)16(14(22)8-11)18(27)10-2-5-26(6-3-10)19(28)17-12-9-23-4-1-15(12)24-25-17/h7-8,10,23H,1-6,9H2,(H,24,25). The van der Waals surface area contributed by atoms with Crippen LogP contribution in [0.15, 0.2) is 12.1 Å². The summed E-state index contributed by atoms with van der Waals surface area (Å²) in [6.07, 6.45) is 1.35. The van der Waals surface area contributed by atoms with Gasteiger partial charge >= 0.3 is 0 Å². The lowest BCUT2D eigenvalue weighted by molar-refractivity contribution is 0.0642. The van der Waals surface area contributed by atoms with Gasteiger partial charge in [0.05, 0.1) is 5.56 Å². The quantitative estimate of drug-likeness (QED) is 0.786. The highest BCUT2D eigenvalue weighted by molar-refractivity contribution is 5.99. The number of piperidine rings is 1. The summed E-state index contributed by atoms with van der Waals surface area (Å²) in [7, 11) is 0. The van der Waals surface area contributed by atoms with Crippen LogP contribution in [0.25, 0.3) is 0 Å². The molecule has 0 aliphatic carbocycles. The van der Waals surface area contributed by atoms with Gasteiger partial charge in [0.1, 0.15) is 17.5 Å². The fourth-order valence-electron chi connectivity index (χ4n) is 3.88. The van der Waals surface area contributed by atoms with Gasteiger partial charge in [-0.1, -0.05) is 0 Å². The zero-order valence-electron chi connectivity index (χ0n) is 15.0. The molecular weight excluding hydrogens is 373 g/mol. The summed E-state index contributed by atoms with van der Waals surface area (Å²) in [5, 5.41) is 10.3. The smallest absolute Gasteiger partial charge is 0.274 e. The zero-order chi connectivity index (χ0) is 19.8. The number of hydrogen-bond acceptors (Lipinski definition) is 4. The minimum absolute atomic E-state index is 0.216. The third-order valence-corrected chi connectivity index (χ3v) is 5.42. The van der Waals surface area contributed by atoms with Crippen molar-refractivity contribution in [3.05, 3.63) is 52.1 Å². The molecule has 6 nitrogen and oxygen atoms in total. The third kappa shape index (κ3) is 3.30. The maximum atomic E-state index is 13.9. The second kappa shape index (κ2) is 7.38. The maximum Gasteiger partial charge on any atom is 0.274 e. The van der Waals surface area contributed by atoms with Gasteiger partial charge in [-0.15, -0.1) is 0 Å². The molecule has 28 heavy (non-hydrogen) atoms. The van der Waals surface area contributed by atoms with E-state index in [0.717, 1.165) is 24.2 Å². The van der Waals surface area contributed by atoms with Crippen LogP contribution in [0.2, 0.25) is 0 Å². The summed E-state index contributed by atoms with van der Waals surface area (Å²) in [6, 6.07) is 1.01. The van der Waals surface area contributed by atoms with Crippen LogP contribution in [0.1, 0.15) is 44.9 Å². The minimum atomic E-state index is -1.20. The summed E-state index contributed by atoms with van der Waals surface area (Å²) >= 11 is 0. The molecule has 0 radical (unpaired) electrons. The summed E-state index contributed by atoms with van der Waals surface area (Å²) < 4.78 is 40.8. The number of rotatable bonds is 3. The molecule has 2 N–H and O–H groups in total. The van der Waals surface area contributed by atoms with E-state index in [9.17, 15) is 22.8 Å². The van der Waals surface area contributed by atoms with Crippen molar-refractivity contribution in [1.29, 1.82) is 0 Å². The molecule has 1 saturated heterocycles. The van der Waals surface area contributed by atoms with Crippen molar-refractivity contribution >= 4 is 11.7 Å². The van der Waals surface area contributed by atoms with Gasteiger partial charge < -0.3 is 10.2 Å². The number of benzene rings is 1. The van der Waals surface area contributed by atoms with Crippen LogP contribution in [0.4, 0.5) is 13.2 Å². The van der Waals surface area contributed by atoms with E-state index >= 15 is 0 Å². The Labute approximate surface area is 159 Å². The number of fused-ring (bicyclic) bond motifs is 1. The molecule has 2 aliphatic rings. The number of nitrogens with one attached hydrogen (secondary N) is 2. The number of ketones is 1. The Bertz CT molecular complexity index is 912. The van der Waals surface area contributed by atoms with Gasteiger partial charge in [-0.3, -0.25) is 14.7 Å². The minimum Gasteiger partial charge on any atom is -0.337 e. The first-order chi connectivity index (χ1) is 13.5. The molecular formula is C19H19F3N4O2. The van der Waals surface area contributed by atoms with E-state index in [-0.39, 0.29) is 31.8 Å². The molecule has 1 aromatic carbocycles. The molecule has 2 aliphatic heterocycles. The van der Waals surface area contributed by atoms with E-state index < -0.39 is 34.7 Å². The highest BCUT2D eigenvalue weighted by Crippen LogP contribution is 2.27. The normalized spacial score (nSPS) is 17.5. The van der Waals surface area contributed by atoms with Gasteiger partial charge in [0.2, 0.25) is 0 Å². The molecule has 4 rings (SSSR count). The SMILES string of the molecule is O=C(c1c(F)cc(F)cc1F)C1CCN(C(=O)c2n[nH]c3c2CNCC3)CC1. The lowest BCUT2D eigenvalue weighted by atomic mass is 9.88. The van der Waals surface area contributed by atoms with E-state index in [4.69, 9.17) is 0 Å². The Morgan fingerprint density at radius 1 is 1.11 bits per heavy atom. The lowest BCUT2D eigenvalue weighted by Crippen LogP contribution is -2.41. The molecule has 1 fully saturated rings. The van der Waals surface area contributed by atoms with E-state index in [0.29, 0.717) is 24.4 Å². The highest BCUT2D eigenvalue weighted by Gasteiger charge is 2.33. The Hall–Kier alpha value is -2.68. The molecule has 3 heterocycles. The van der Waals surface area contributed by atoms with E-state index in [1.54, 1.807) is 4.90 Å². The first kappa shape index (κ1) is 18.7. The Kier molecular flexibility index (Phi) is 4.92. The largest absolute Gasteiger partial charge is 0.337 e. The highest BCUT2D eigenvalue weighted by atomic mass is 19.1. The molecule has 0 saturated carbocycles.